The number of pyridine rings is 1. The monoisotopic (exact) mass is 162 g/mol. The van der Waals surface area contributed by atoms with E-state index in [4.69, 9.17) is 0 Å². The fraction of sp³-hybridized carbons (Fsp3) is 0.125. The van der Waals surface area contributed by atoms with Crippen LogP contribution in [0.3, 0.4) is 0 Å². The van der Waals surface area contributed by atoms with Crippen LogP contribution in [-0.2, 0) is 4.79 Å². The Morgan fingerprint density at radius 3 is 2.83 bits per heavy atom. The van der Waals surface area contributed by atoms with Crippen molar-refractivity contribution < 1.29 is 9.59 Å². The first-order valence-corrected chi connectivity index (χ1v) is 3.29. The van der Waals surface area contributed by atoms with Crippen molar-refractivity contribution in [3.05, 3.63) is 29.6 Å². The molecule has 12 heavy (non-hydrogen) atoms. The minimum absolute atomic E-state index is 0.295. The molecule has 0 aliphatic carbocycles. The lowest BCUT2D eigenvalue weighted by atomic mass is 10.2. The van der Waals surface area contributed by atoms with Gasteiger partial charge in [0.25, 0.3) is 5.91 Å². The molecule has 0 atom stereocenters. The highest BCUT2D eigenvalue weighted by atomic mass is 16.2. The molecule has 60 valence electrons. The van der Waals surface area contributed by atoms with Gasteiger partial charge in [-0.25, -0.2) is 4.79 Å². The molecule has 0 N–H and O–H groups in total. The van der Waals surface area contributed by atoms with Gasteiger partial charge in [0.05, 0.1) is 5.56 Å². The summed E-state index contributed by atoms with van der Waals surface area (Å²) in [5.41, 5.74) is 1.10. The van der Waals surface area contributed by atoms with Crippen LogP contribution in [-0.4, -0.2) is 17.0 Å². The third kappa shape index (κ3) is 1.84. The van der Waals surface area contributed by atoms with E-state index < -0.39 is 5.91 Å². The third-order valence-electron chi connectivity index (χ3n) is 1.31. The smallest absolute Gasteiger partial charge is 0.266 e. The maximum absolute atomic E-state index is 10.9. The first kappa shape index (κ1) is 8.30. The lowest BCUT2D eigenvalue weighted by Crippen LogP contribution is -1.95. The van der Waals surface area contributed by atoms with E-state index in [2.05, 4.69) is 9.98 Å². The number of aliphatic imine (C=N–C) groups is 1. The first-order chi connectivity index (χ1) is 5.74. The van der Waals surface area contributed by atoms with E-state index in [1.165, 1.54) is 12.3 Å². The van der Waals surface area contributed by atoms with Gasteiger partial charge in [-0.05, 0) is 19.1 Å². The summed E-state index contributed by atoms with van der Waals surface area (Å²) in [6.07, 6.45) is 2.55. The van der Waals surface area contributed by atoms with E-state index in [0.717, 1.165) is 5.69 Å². The molecule has 1 aromatic heterocycles. The van der Waals surface area contributed by atoms with Crippen molar-refractivity contribution in [1.29, 1.82) is 0 Å². The number of aromatic nitrogens is 1. The van der Waals surface area contributed by atoms with E-state index in [9.17, 15) is 9.59 Å². The number of nitrogens with zero attached hydrogens (tertiary/aromatic N) is 2. The number of hydrogen-bond acceptors (Lipinski definition) is 3. The van der Waals surface area contributed by atoms with E-state index in [-0.39, 0.29) is 0 Å². The van der Waals surface area contributed by atoms with Crippen molar-refractivity contribution >= 4 is 12.0 Å². The first-order valence-electron chi connectivity index (χ1n) is 3.29. The van der Waals surface area contributed by atoms with Gasteiger partial charge in [-0.3, -0.25) is 9.78 Å². The van der Waals surface area contributed by atoms with Crippen molar-refractivity contribution in [2.45, 2.75) is 6.92 Å². The Morgan fingerprint density at radius 2 is 2.33 bits per heavy atom. The topological polar surface area (TPSA) is 59.4 Å². The van der Waals surface area contributed by atoms with E-state index in [1.807, 2.05) is 0 Å². The van der Waals surface area contributed by atoms with Crippen LogP contribution in [0.25, 0.3) is 0 Å². The second-order valence-corrected chi connectivity index (χ2v) is 2.20. The molecule has 0 aliphatic rings. The zero-order chi connectivity index (χ0) is 8.97. The maximum Gasteiger partial charge on any atom is 0.289 e. The quantitative estimate of drug-likeness (QED) is 0.454. The molecule has 0 radical (unpaired) electrons. The Bertz CT molecular complexity index is 337. The van der Waals surface area contributed by atoms with Crippen molar-refractivity contribution in [3.8, 4) is 0 Å². The van der Waals surface area contributed by atoms with Gasteiger partial charge in [0, 0.05) is 11.9 Å². The average Bonchev–Trinajstić information content (AvgIpc) is 2.06. The molecule has 0 unspecified atom stereocenters. The number of aryl methyl sites for hydroxylation is 1. The Hall–Kier alpha value is -1.80. The van der Waals surface area contributed by atoms with E-state index in [0.29, 0.717) is 5.56 Å². The molecule has 1 heterocycles. The molecular formula is C8H6N2O2. The summed E-state index contributed by atoms with van der Waals surface area (Å²) in [6, 6.07) is 3.24. The Kier molecular flexibility index (Phi) is 2.46. The summed E-state index contributed by atoms with van der Waals surface area (Å²) in [4.78, 5) is 27.4. The SMILES string of the molecule is Cc1ccc(C(=O)N=C=O)cn1. The van der Waals surface area contributed by atoms with Gasteiger partial charge in [-0.15, -0.1) is 4.99 Å². The van der Waals surface area contributed by atoms with Crippen LogP contribution in [0.5, 0.6) is 0 Å². The lowest BCUT2D eigenvalue weighted by molar-refractivity contribution is 0.100. The molecule has 4 nitrogen and oxygen atoms in total. The van der Waals surface area contributed by atoms with Gasteiger partial charge in [-0.1, -0.05) is 0 Å². The highest BCUT2D eigenvalue weighted by molar-refractivity contribution is 5.97. The van der Waals surface area contributed by atoms with Gasteiger partial charge in [0.15, 0.2) is 0 Å². The Balaban J connectivity index is 2.97. The molecule has 1 aromatic rings. The molecule has 0 spiro atoms. The van der Waals surface area contributed by atoms with Crippen molar-refractivity contribution in [2.24, 2.45) is 4.99 Å². The molecule has 1 amide bonds. The number of carbonyl (C=O) groups excluding carboxylic acids is 2. The molecule has 0 saturated carbocycles. The van der Waals surface area contributed by atoms with Gasteiger partial charge in [0.2, 0.25) is 6.08 Å². The number of rotatable bonds is 1. The molecule has 0 aliphatic heterocycles. The van der Waals surface area contributed by atoms with Gasteiger partial charge in [0.1, 0.15) is 0 Å². The van der Waals surface area contributed by atoms with Crippen LogP contribution in [0.2, 0.25) is 0 Å². The van der Waals surface area contributed by atoms with Crippen LogP contribution >= 0.6 is 0 Å². The van der Waals surface area contributed by atoms with Crippen molar-refractivity contribution in [1.82, 2.24) is 4.98 Å². The van der Waals surface area contributed by atoms with Crippen molar-refractivity contribution in [2.75, 3.05) is 0 Å². The lowest BCUT2D eigenvalue weighted by Gasteiger charge is -1.92. The van der Waals surface area contributed by atoms with Crippen LogP contribution in [0.15, 0.2) is 23.3 Å². The summed E-state index contributed by atoms with van der Waals surface area (Å²) < 4.78 is 0. The molecule has 0 bridgehead atoms. The normalized spacial score (nSPS) is 8.75. The molecule has 4 heteroatoms. The predicted octanol–water partition coefficient (Wildman–Crippen LogP) is 0.866. The Labute approximate surface area is 69.0 Å². The van der Waals surface area contributed by atoms with Crippen LogP contribution in [0.1, 0.15) is 16.1 Å². The second kappa shape index (κ2) is 3.55. The summed E-state index contributed by atoms with van der Waals surface area (Å²) in [5.74, 6) is -0.613. The summed E-state index contributed by atoms with van der Waals surface area (Å²) >= 11 is 0. The fourth-order valence-electron chi connectivity index (χ4n) is 0.700. The summed E-state index contributed by atoms with van der Waals surface area (Å²) in [6.45, 7) is 1.80. The minimum atomic E-state index is -0.613. The molecular weight excluding hydrogens is 156 g/mol. The van der Waals surface area contributed by atoms with Crippen LogP contribution < -0.4 is 0 Å². The minimum Gasteiger partial charge on any atom is -0.266 e. The maximum atomic E-state index is 10.9. The number of hydrogen-bond donors (Lipinski definition) is 0. The summed E-state index contributed by atoms with van der Waals surface area (Å²) in [7, 11) is 0. The second-order valence-electron chi connectivity index (χ2n) is 2.20. The Morgan fingerprint density at radius 1 is 1.58 bits per heavy atom. The number of carbonyl (C=O) groups is 1. The third-order valence-corrected chi connectivity index (χ3v) is 1.31. The number of amides is 1. The van der Waals surface area contributed by atoms with Gasteiger partial charge >= 0.3 is 0 Å². The predicted molar refractivity (Wildman–Crippen MR) is 41.4 cm³/mol. The largest absolute Gasteiger partial charge is 0.289 e. The molecule has 1 rings (SSSR count). The van der Waals surface area contributed by atoms with Crippen LogP contribution in [0.4, 0.5) is 0 Å². The highest BCUT2D eigenvalue weighted by Crippen LogP contribution is 2.00. The number of isocyanates is 1. The zero-order valence-electron chi connectivity index (χ0n) is 6.44. The van der Waals surface area contributed by atoms with Gasteiger partial charge in [-0.2, -0.15) is 0 Å². The zero-order valence-corrected chi connectivity index (χ0v) is 6.44. The average molecular weight is 162 g/mol. The van der Waals surface area contributed by atoms with E-state index in [1.54, 1.807) is 19.1 Å². The van der Waals surface area contributed by atoms with E-state index >= 15 is 0 Å². The van der Waals surface area contributed by atoms with Crippen LogP contribution in [0, 0.1) is 6.92 Å². The molecule has 0 fully saturated rings. The summed E-state index contributed by atoms with van der Waals surface area (Å²) in [5, 5.41) is 0. The highest BCUT2D eigenvalue weighted by Gasteiger charge is 2.02. The van der Waals surface area contributed by atoms with Crippen molar-refractivity contribution in [3.63, 3.8) is 0 Å². The van der Waals surface area contributed by atoms with Gasteiger partial charge < -0.3 is 0 Å². The standard InChI is InChI=1S/C8H6N2O2/c1-6-2-3-7(4-9-6)8(12)10-5-11/h2-4H,1H3. The molecule has 0 saturated heterocycles. The molecule has 0 aromatic carbocycles. The fourth-order valence-corrected chi connectivity index (χ4v) is 0.700.